The van der Waals surface area contributed by atoms with E-state index in [1.54, 1.807) is 0 Å². The molecule has 0 atom stereocenters. The van der Waals surface area contributed by atoms with Gasteiger partial charge in [-0.1, -0.05) is 6.92 Å². The van der Waals surface area contributed by atoms with Crippen molar-refractivity contribution in [3.05, 3.63) is 0 Å². The average Bonchev–Trinajstić information content (AvgIpc) is 2.06. The Morgan fingerprint density at radius 3 is 2.36 bits per heavy atom. The number of hydrogen-bond acceptors (Lipinski definition) is 2. The Balaban J connectivity index is 2.35. The Labute approximate surface area is 68.7 Å². The van der Waals surface area contributed by atoms with Crippen molar-refractivity contribution in [1.29, 1.82) is 0 Å². The third-order valence-corrected chi connectivity index (χ3v) is 2.80. The maximum Gasteiger partial charge on any atom is 0.0923 e. The summed E-state index contributed by atoms with van der Waals surface area (Å²) in [6.07, 6.45) is 2.23. The second kappa shape index (κ2) is 3.52. The molecule has 1 fully saturated rings. The zero-order valence-electron chi connectivity index (χ0n) is 7.47. The van der Waals surface area contributed by atoms with E-state index in [9.17, 15) is 0 Å². The second-order valence-corrected chi connectivity index (χ2v) is 3.55. The van der Waals surface area contributed by atoms with Gasteiger partial charge in [0.05, 0.1) is 12.1 Å². The van der Waals surface area contributed by atoms with Crippen LogP contribution in [-0.2, 0) is 0 Å². The summed E-state index contributed by atoms with van der Waals surface area (Å²) in [4.78, 5) is 2.45. The predicted molar refractivity (Wildman–Crippen MR) is 46.0 cm³/mol. The third-order valence-electron chi connectivity index (χ3n) is 2.80. The van der Waals surface area contributed by atoms with E-state index in [1.165, 1.54) is 0 Å². The summed E-state index contributed by atoms with van der Waals surface area (Å²) in [7, 11) is 0. The van der Waals surface area contributed by atoms with Gasteiger partial charge in [-0.15, -0.1) is 0 Å². The van der Waals surface area contributed by atoms with Gasteiger partial charge < -0.3 is 16.4 Å². The van der Waals surface area contributed by atoms with Crippen LogP contribution in [-0.4, -0.2) is 36.6 Å². The first-order valence-electron chi connectivity index (χ1n) is 4.51. The molecule has 0 unspecified atom stereocenters. The van der Waals surface area contributed by atoms with Crippen molar-refractivity contribution >= 4 is 0 Å². The summed E-state index contributed by atoms with van der Waals surface area (Å²) < 4.78 is 0. The van der Waals surface area contributed by atoms with E-state index in [-0.39, 0.29) is 5.54 Å². The molecule has 3 nitrogen and oxygen atoms in total. The highest BCUT2D eigenvalue weighted by atomic mass is 15.1. The molecule has 1 aliphatic rings. The molecule has 66 valence electrons. The van der Waals surface area contributed by atoms with Crippen LogP contribution in [0.2, 0.25) is 0 Å². The van der Waals surface area contributed by atoms with Gasteiger partial charge in [0.1, 0.15) is 0 Å². The maximum absolute atomic E-state index is 6.09. The number of nitrogens with two attached hydrogens (primary N) is 1. The van der Waals surface area contributed by atoms with E-state index in [1.807, 2.05) is 0 Å². The van der Waals surface area contributed by atoms with Crippen LogP contribution in [0, 0.1) is 0 Å². The zero-order valence-corrected chi connectivity index (χ0v) is 7.47. The normalized spacial score (nSPS) is 25.4. The summed E-state index contributed by atoms with van der Waals surface area (Å²) in [6.45, 7) is 6.55. The molecule has 5 N–H and O–H groups in total. The Morgan fingerprint density at radius 2 is 2.00 bits per heavy atom. The monoisotopic (exact) mass is 158 g/mol. The average molecular weight is 158 g/mol. The quantitative estimate of drug-likeness (QED) is 0.544. The zero-order chi connectivity index (χ0) is 8.32. The van der Waals surface area contributed by atoms with E-state index < -0.39 is 0 Å². The van der Waals surface area contributed by atoms with Crippen LogP contribution in [0.25, 0.3) is 0 Å². The lowest BCUT2D eigenvalue weighted by Gasteiger charge is -2.36. The molecule has 0 saturated carbocycles. The Kier molecular flexibility index (Phi) is 2.87. The molecule has 0 aromatic heterocycles. The maximum atomic E-state index is 6.09. The van der Waals surface area contributed by atoms with E-state index in [2.05, 4.69) is 17.6 Å². The van der Waals surface area contributed by atoms with Crippen LogP contribution < -0.4 is 11.5 Å². The van der Waals surface area contributed by atoms with Crippen molar-refractivity contribution in [2.45, 2.75) is 25.3 Å². The van der Waals surface area contributed by atoms with Gasteiger partial charge >= 0.3 is 0 Å². The van der Waals surface area contributed by atoms with E-state index >= 15 is 0 Å². The predicted octanol–water partition coefficient (Wildman–Crippen LogP) is -0.958. The summed E-state index contributed by atoms with van der Waals surface area (Å²) in [5.74, 6) is 0. The van der Waals surface area contributed by atoms with Crippen LogP contribution in [0.1, 0.15) is 19.8 Å². The molecule has 1 saturated heterocycles. The van der Waals surface area contributed by atoms with E-state index in [0.29, 0.717) is 0 Å². The molecule has 1 heterocycles. The van der Waals surface area contributed by atoms with Gasteiger partial charge in [-0.2, -0.15) is 0 Å². The third kappa shape index (κ3) is 2.15. The fourth-order valence-corrected chi connectivity index (χ4v) is 1.56. The first-order chi connectivity index (χ1) is 5.20. The molecule has 0 amide bonds. The van der Waals surface area contributed by atoms with Crippen molar-refractivity contribution in [2.24, 2.45) is 5.73 Å². The number of rotatable bonds is 2. The fourth-order valence-electron chi connectivity index (χ4n) is 1.56. The van der Waals surface area contributed by atoms with Crippen LogP contribution in [0.4, 0.5) is 0 Å². The number of likely N-dealkylation sites (tertiary alicyclic amines) is 1. The second-order valence-electron chi connectivity index (χ2n) is 3.55. The molecule has 11 heavy (non-hydrogen) atoms. The molecule has 0 aromatic rings. The molecule has 0 radical (unpaired) electrons. The smallest absolute Gasteiger partial charge is 0.0923 e. The molecule has 0 bridgehead atoms. The Hall–Kier alpha value is -0.120. The van der Waals surface area contributed by atoms with Gasteiger partial charge in [-0.3, -0.25) is 0 Å². The summed E-state index contributed by atoms with van der Waals surface area (Å²) in [6, 6.07) is 0. The van der Waals surface area contributed by atoms with Crippen LogP contribution >= 0.6 is 0 Å². The molecule has 1 aliphatic heterocycles. The number of quaternary nitrogens is 1. The first kappa shape index (κ1) is 8.97. The highest BCUT2D eigenvalue weighted by Crippen LogP contribution is 2.17. The van der Waals surface area contributed by atoms with Crippen molar-refractivity contribution in [2.75, 3.05) is 26.2 Å². The fraction of sp³-hybridized carbons (Fsp3) is 1.00. The lowest BCUT2D eigenvalue weighted by atomic mass is 9.89. The van der Waals surface area contributed by atoms with Gasteiger partial charge in [0.15, 0.2) is 0 Å². The SMILES string of the molecule is CCN1CCC(N)(C[NH3+])CC1. The number of piperidine rings is 1. The molecular weight excluding hydrogens is 138 g/mol. The molecule has 1 rings (SSSR count). The minimum atomic E-state index is 0.0473. The molecule has 0 aromatic carbocycles. The minimum Gasteiger partial charge on any atom is -0.356 e. The minimum absolute atomic E-state index is 0.0473. The number of nitrogens with zero attached hydrogens (tertiary/aromatic N) is 1. The molecular formula is C8H20N3+. The summed E-state index contributed by atoms with van der Waals surface area (Å²) in [5.41, 5.74) is 10.0. The van der Waals surface area contributed by atoms with Gasteiger partial charge in [-0.25, -0.2) is 0 Å². The van der Waals surface area contributed by atoms with Crippen molar-refractivity contribution in [3.63, 3.8) is 0 Å². The van der Waals surface area contributed by atoms with Gasteiger partial charge in [-0.05, 0) is 19.4 Å². The Bertz CT molecular complexity index is 117. The Morgan fingerprint density at radius 1 is 1.45 bits per heavy atom. The van der Waals surface area contributed by atoms with Crippen molar-refractivity contribution < 1.29 is 5.73 Å². The van der Waals surface area contributed by atoms with Gasteiger partial charge in [0.25, 0.3) is 0 Å². The molecule has 0 aliphatic carbocycles. The highest BCUT2D eigenvalue weighted by Gasteiger charge is 2.30. The number of hydrogen-bond donors (Lipinski definition) is 2. The molecule has 0 spiro atoms. The van der Waals surface area contributed by atoms with Gasteiger partial charge in [0.2, 0.25) is 0 Å². The molecule has 3 heteroatoms. The van der Waals surface area contributed by atoms with Crippen LogP contribution in [0.5, 0.6) is 0 Å². The highest BCUT2D eigenvalue weighted by molar-refractivity contribution is 4.88. The van der Waals surface area contributed by atoms with Crippen LogP contribution in [0.3, 0.4) is 0 Å². The largest absolute Gasteiger partial charge is 0.356 e. The summed E-state index contributed by atoms with van der Waals surface area (Å²) >= 11 is 0. The van der Waals surface area contributed by atoms with Crippen molar-refractivity contribution in [3.8, 4) is 0 Å². The van der Waals surface area contributed by atoms with Gasteiger partial charge in [0, 0.05) is 13.1 Å². The van der Waals surface area contributed by atoms with Crippen LogP contribution in [0.15, 0.2) is 0 Å². The lowest BCUT2D eigenvalue weighted by molar-refractivity contribution is -0.383. The van der Waals surface area contributed by atoms with E-state index in [0.717, 1.165) is 39.0 Å². The summed E-state index contributed by atoms with van der Waals surface area (Å²) in [5, 5.41) is 0. The standard InChI is InChI=1S/C8H19N3/c1-2-11-5-3-8(10,7-9)4-6-11/h2-7,9-10H2,1H3/p+1. The van der Waals surface area contributed by atoms with Crippen molar-refractivity contribution in [1.82, 2.24) is 4.90 Å². The first-order valence-corrected chi connectivity index (χ1v) is 4.51. The van der Waals surface area contributed by atoms with E-state index in [4.69, 9.17) is 5.73 Å². The lowest BCUT2D eigenvalue weighted by Crippen LogP contribution is -2.67. The topological polar surface area (TPSA) is 56.9 Å².